The average molecular weight is 646 g/mol. The van der Waals surface area contributed by atoms with Gasteiger partial charge in [-0.2, -0.15) is 22.0 Å². The number of halogens is 5. The molecule has 0 saturated carbocycles. The predicted octanol–water partition coefficient (Wildman–Crippen LogP) is 5.73. The van der Waals surface area contributed by atoms with Crippen LogP contribution in [0.4, 0.5) is 33.3 Å². The molecule has 3 aromatic rings. The third-order valence-corrected chi connectivity index (χ3v) is 9.14. The summed E-state index contributed by atoms with van der Waals surface area (Å²) in [6, 6.07) is 8.77. The van der Waals surface area contributed by atoms with Crippen LogP contribution in [0, 0.1) is 11.8 Å². The van der Waals surface area contributed by atoms with E-state index in [4.69, 9.17) is 0 Å². The third kappa shape index (κ3) is 9.18. The Labute approximate surface area is 250 Å². The Kier molecular flexibility index (Phi) is 10.4. The highest BCUT2D eigenvalue weighted by Gasteiger charge is 2.31. The van der Waals surface area contributed by atoms with Crippen molar-refractivity contribution in [2.45, 2.75) is 56.0 Å². The first kappa shape index (κ1) is 32.8. The second-order valence-electron chi connectivity index (χ2n) is 10.4. The summed E-state index contributed by atoms with van der Waals surface area (Å²) in [5.74, 6) is 5.17. The van der Waals surface area contributed by atoms with Gasteiger partial charge in [-0.05, 0) is 48.9 Å². The maximum absolute atomic E-state index is 13.6. The molecule has 0 spiro atoms. The molecular formula is C29H32F5N3O4S2. The van der Waals surface area contributed by atoms with E-state index in [9.17, 15) is 35.5 Å². The summed E-state index contributed by atoms with van der Waals surface area (Å²) in [5.41, 5.74) is 0.847. The normalized spacial score (nSPS) is 15.7. The number of ether oxygens (including phenoxy) is 1. The minimum absolute atomic E-state index is 0.0554. The van der Waals surface area contributed by atoms with Gasteiger partial charge in [0.25, 0.3) is 0 Å². The fourth-order valence-corrected chi connectivity index (χ4v) is 6.76. The van der Waals surface area contributed by atoms with Crippen LogP contribution in [0.25, 0.3) is 10.1 Å². The van der Waals surface area contributed by atoms with Crippen molar-refractivity contribution in [3.05, 3.63) is 46.8 Å². The van der Waals surface area contributed by atoms with Gasteiger partial charge in [0.1, 0.15) is 0 Å². The lowest BCUT2D eigenvalue weighted by molar-refractivity contribution is -0.127. The first-order valence-electron chi connectivity index (χ1n) is 13.5. The Balaban J connectivity index is 1.56. The summed E-state index contributed by atoms with van der Waals surface area (Å²) >= 11 is 1.15. The molecule has 14 heteroatoms. The smallest absolute Gasteiger partial charge is 0.393 e. The zero-order valence-electron chi connectivity index (χ0n) is 23.5. The summed E-state index contributed by atoms with van der Waals surface area (Å²) in [6.07, 6.45) is -3.47. The first-order valence-corrected chi connectivity index (χ1v) is 16.2. The molecule has 1 aliphatic heterocycles. The van der Waals surface area contributed by atoms with Crippen LogP contribution in [0.2, 0.25) is 0 Å². The van der Waals surface area contributed by atoms with Crippen molar-refractivity contribution in [2.24, 2.45) is 0 Å². The highest BCUT2D eigenvalue weighted by molar-refractivity contribution is 7.90. The van der Waals surface area contributed by atoms with Crippen LogP contribution in [-0.2, 0) is 16.3 Å². The monoisotopic (exact) mass is 645 g/mol. The molecule has 1 aromatic heterocycles. The summed E-state index contributed by atoms with van der Waals surface area (Å²) in [5, 5.41) is 16.4. The number of hydrogen-bond donors (Lipinski definition) is 3. The quantitative estimate of drug-likeness (QED) is 0.192. The Hall–Kier alpha value is -3.12. The number of piperidine rings is 1. The van der Waals surface area contributed by atoms with Crippen LogP contribution in [0.15, 0.2) is 41.3 Å². The van der Waals surface area contributed by atoms with Crippen LogP contribution in [-0.4, -0.2) is 75.8 Å². The number of fused-ring (bicyclic) bond motifs is 1. The van der Waals surface area contributed by atoms with Gasteiger partial charge < -0.3 is 25.4 Å². The van der Waals surface area contributed by atoms with E-state index in [0.717, 1.165) is 55.3 Å². The standard InChI is InChI=1S/C29H32F5N3O4S2/c1-18(38)17-37-13-10-19(11-14-37)36-24-6-3-5-21-22(16-29(32,33)34)26(42-27(21)24)7-4-12-35-23-9-8-20(43(2,39)40)15-25(23)41-28(30)31/h3,5-6,8-9,15,18-19,28,35-36,38H,10-14,16-17H2,1-2H3. The number of sulfone groups is 1. The number of nitrogens with one attached hydrogen (secondary N) is 2. The molecule has 1 unspecified atom stereocenters. The number of alkyl halides is 5. The lowest BCUT2D eigenvalue weighted by atomic mass is 10.0. The molecule has 2 aromatic carbocycles. The molecule has 234 valence electrons. The van der Waals surface area contributed by atoms with Gasteiger partial charge in [-0.15, -0.1) is 11.3 Å². The molecule has 3 N–H and O–H groups in total. The van der Waals surface area contributed by atoms with Gasteiger partial charge in [0.05, 0.1) is 44.9 Å². The lowest BCUT2D eigenvalue weighted by Gasteiger charge is -2.33. The van der Waals surface area contributed by atoms with Crippen molar-refractivity contribution in [3.8, 4) is 17.6 Å². The van der Waals surface area contributed by atoms with Crippen LogP contribution >= 0.6 is 11.3 Å². The van der Waals surface area contributed by atoms with Gasteiger partial charge in [-0.3, -0.25) is 0 Å². The van der Waals surface area contributed by atoms with E-state index in [2.05, 4.69) is 32.1 Å². The molecule has 7 nitrogen and oxygen atoms in total. The Morgan fingerprint density at radius 3 is 2.51 bits per heavy atom. The van der Waals surface area contributed by atoms with Gasteiger partial charge in [-0.25, -0.2) is 8.42 Å². The van der Waals surface area contributed by atoms with Crippen LogP contribution in [0.3, 0.4) is 0 Å². The molecule has 1 fully saturated rings. The number of β-amino-alcohol motifs (C(OH)–C–C–N with tert-alkyl or cyclic N) is 1. The van der Waals surface area contributed by atoms with Crippen molar-refractivity contribution in [1.29, 1.82) is 0 Å². The molecule has 1 saturated heterocycles. The van der Waals surface area contributed by atoms with E-state index in [0.29, 0.717) is 16.6 Å². The van der Waals surface area contributed by atoms with E-state index < -0.39 is 40.9 Å². The molecule has 4 rings (SSSR count). The summed E-state index contributed by atoms with van der Waals surface area (Å²) < 4.78 is 95.4. The summed E-state index contributed by atoms with van der Waals surface area (Å²) in [4.78, 5) is 2.21. The zero-order chi connectivity index (χ0) is 31.4. The maximum atomic E-state index is 13.6. The molecular weight excluding hydrogens is 613 g/mol. The Bertz CT molecular complexity index is 1590. The molecule has 43 heavy (non-hydrogen) atoms. The topological polar surface area (TPSA) is 90.9 Å². The molecule has 0 amide bonds. The van der Waals surface area contributed by atoms with Crippen LogP contribution < -0.4 is 15.4 Å². The van der Waals surface area contributed by atoms with Gasteiger partial charge in [0.2, 0.25) is 0 Å². The first-order chi connectivity index (χ1) is 20.2. The fourth-order valence-electron chi connectivity index (χ4n) is 4.95. The number of hydrogen-bond acceptors (Lipinski definition) is 8. The number of anilines is 2. The second kappa shape index (κ2) is 13.7. The number of aliphatic hydroxyl groups is 1. The second-order valence-corrected chi connectivity index (χ2v) is 13.5. The van der Waals surface area contributed by atoms with Crippen molar-refractivity contribution < 1.29 is 40.2 Å². The molecule has 2 heterocycles. The highest BCUT2D eigenvalue weighted by atomic mass is 32.2. The van der Waals surface area contributed by atoms with Crippen molar-refractivity contribution in [1.82, 2.24) is 4.90 Å². The SMILES string of the molecule is CC(O)CN1CCC(Nc2cccc3c(CC(F)(F)F)c(C#CCNc4ccc(S(C)(=O)=O)cc4OC(F)F)sc23)CC1. The number of likely N-dealkylation sites (tertiary alicyclic amines) is 1. The largest absolute Gasteiger partial charge is 0.433 e. The van der Waals surface area contributed by atoms with Gasteiger partial charge in [0, 0.05) is 38.0 Å². The predicted molar refractivity (Wildman–Crippen MR) is 158 cm³/mol. The Morgan fingerprint density at radius 1 is 1.16 bits per heavy atom. The van der Waals surface area contributed by atoms with Crippen LogP contribution in [0.1, 0.15) is 30.2 Å². The molecule has 0 aliphatic carbocycles. The minimum Gasteiger partial charge on any atom is -0.433 e. The summed E-state index contributed by atoms with van der Waals surface area (Å²) in [7, 11) is -3.68. The van der Waals surface area contributed by atoms with E-state index in [1.165, 1.54) is 12.1 Å². The van der Waals surface area contributed by atoms with Gasteiger partial charge in [-0.1, -0.05) is 24.0 Å². The number of benzene rings is 2. The zero-order valence-corrected chi connectivity index (χ0v) is 25.1. The van der Waals surface area contributed by atoms with Crippen molar-refractivity contribution in [3.63, 3.8) is 0 Å². The van der Waals surface area contributed by atoms with Gasteiger partial charge >= 0.3 is 12.8 Å². The molecule has 0 radical (unpaired) electrons. The number of thiophene rings is 1. The molecule has 1 atom stereocenters. The maximum Gasteiger partial charge on any atom is 0.393 e. The van der Waals surface area contributed by atoms with Crippen molar-refractivity contribution >= 4 is 42.6 Å². The van der Waals surface area contributed by atoms with Crippen LogP contribution in [0.5, 0.6) is 5.75 Å². The van der Waals surface area contributed by atoms with E-state index in [1.54, 1.807) is 19.1 Å². The average Bonchev–Trinajstić information content (AvgIpc) is 3.24. The minimum atomic E-state index is -4.47. The van der Waals surface area contributed by atoms with E-state index >= 15 is 0 Å². The highest BCUT2D eigenvalue weighted by Crippen LogP contribution is 2.39. The number of nitrogens with zero attached hydrogens (tertiary/aromatic N) is 1. The number of aliphatic hydroxyl groups excluding tert-OH is 1. The lowest BCUT2D eigenvalue weighted by Crippen LogP contribution is -2.41. The fraction of sp³-hybridized carbons (Fsp3) is 0.448. The van der Waals surface area contributed by atoms with Gasteiger partial charge in [0.15, 0.2) is 15.6 Å². The van der Waals surface area contributed by atoms with E-state index in [-0.39, 0.29) is 33.6 Å². The third-order valence-electron chi connectivity index (χ3n) is 6.83. The van der Waals surface area contributed by atoms with E-state index in [1.807, 2.05) is 6.07 Å². The van der Waals surface area contributed by atoms with Crippen molar-refractivity contribution in [2.75, 3.05) is 43.1 Å². The summed E-state index contributed by atoms with van der Waals surface area (Å²) in [6.45, 7) is 0.601. The molecule has 1 aliphatic rings. The Morgan fingerprint density at radius 2 is 1.88 bits per heavy atom. The number of rotatable bonds is 10. The molecule has 0 bridgehead atoms.